The molecule has 0 amide bonds. The first-order valence-electron chi connectivity index (χ1n) is 20.0. The summed E-state index contributed by atoms with van der Waals surface area (Å²) in [6.07, 6.45) is -2.64. The number of ether oxygens (including phenoxy) is 9. The number of aliphatic hydroxyl groups is 1. The minimum atomic E-state index is -1.71. The van der Waals surface area contributed by atoms with Crippen molar-refractivity contribution in [1.29, 1.82) is 0 Å². The molecule has 12 nitrogen and oxygen atoms in total. The number of carbonyl (C=O) groups excluding carboxylic acids is 2. The maximum Gasteiger partial charge on any atom is 0.311 e. The van der Waals surface area contributed by atoms with Crippen LogP contribution in [0.3, 0.4) is 0 Å². The Morgan fingerprint density at radius 3 is 2.06 bits per heavy atom. The van der Waals surface area contributed by atoms with E-state index in [1.807, 2.05) is 41.5 Å². The Morgan fingerprint density at radius 1 is 0.852 bits per heavy atom. The van der Waals surface area contributed by atoms with Gasteiger partial charge in [-0.05, 0) is 65.2 Å². The van der Waals surface area contributed by atoms with E-state index in [4.69, 9.17) is 42.6 Å². The number of ketones is 1. The molecule has 0 aromatic carbocycles. The van der Waals surface area contributed by atoms with Crippen molar-refractivity contribution in [3.8, 4) is 0 Å². The molecule has 0 spiro atoms. The van der Waals surface area contributed by atoms with Gasteiger partial charge in [0.25, 0.3) is 0 Å². The number of methoxy groups -OCH3 is 3. The molecule has 3 saturated heterocycles. The minimum absolute atomic E-state index is 0.0699. The van der Waals surface area contributed by atoms with Gasteiger partial charge in [0.15, 0.2) is 12.6 Å². The van der Waals surface area contributed by atoms with Gasteiger partial charge in [0.2, 0.25) is 0 Å². The van der Waals surface area contributed by atoms with Crippen LogP contribution in [0.1, 0.15) is 109 Å². The Bertz CT molecular complexity index is 1220. The monoisotopic (exact) mass is 771 g/mol. The molecule has 0 unspecified atom stereocenters. The average Bonchev–Trinajstić information content (AvgIpc) is 3.09. The molecule has 0 aromatic heterocycles. The number of Topliss-reactive ketones (excluding diaryl/α,β-unsaturated/α-hetero) is 1. The van der Waals surface area contributed by atoms with E-state index < -0.39 is 83.3 Å². The van der Waals surface area contributed by atoms with Gasteiger partial charge < -0.3 is 47.7 Å². The van der Waals surface area contributed by atoms with E-state index in [0.29, 0.717) is 12.8 Å². The summed E-state index contributed by atoms with van der Waals surface area (Å²) in [6.45, 7) is 26.9. The zero-order chi connectivity index (χ0) is 40.9. The summed E-state index contributed by atoms with van der Waals surface area (Å²) in [5.74, 6) is -3.01. The lowest BCUT2D eigenvalue weighted by Crippen LogP contribution is -2.59. The van der Waals surface area contributed by atoms with E-state index in [2.05, 4.69) is 27.4 Å². The van der Waals surface area contributed by atoms with Gasteiger partial charge in [-0.3, -0.25) is 9.59 Å². The predicted octanol–water partition coefficient (Wildman–Crippen LogP) is 6.29. The van der Waals surface area contributed by atoms with E-state index >= 15 is 0 Å². The van der Waals surface area contributed by atoms with Crippen molar-refractivity contribution >= 4 is 11.8 Å². The second-order valence-electron chi connectivity index (χ2n) is 17.6. The van der Waals surface area contributed by atoms with E-state index in [1.54, 1.807) is 48.2 Å². The molecule has 0 aromatic rings. The van der Waals surface area contributed by atoms with Crippen LogP contribution in [0.5, 0.6) is 0 Å². The summed E-state index contributed by atoms with van der Waals surface area (Å²) in [5, 5.41) is 12.2. The van der Waals surface area contributed by atoms with Gasteiger partial charge in [-0.25, -0.2) is 0 Å². The average molecular weight is 771 g/mol. The van der Waals surface area contributed by atoms with Crippen LogP contribution in [-0.4, -0.2) is 117 Å². The van der Waals surface area contributed by atoms with Crippen LogP contribution >= 0.6 is 0 Å². The molecule has 0 saturated carbocycles. The van der Waals surface area contributed by atoms with E-state index in [0.717, 1.165) is 6.42 Å². The lowest BCUT2D eigenvalue weighted by atomic mass is 9.69. The molecule has 314 valence electrons. The van der Waals surface area contributed by atoms with Crippen LogP contribution in [0.25, 0.3) is 0 Å². The van der Waals surface area contributed by atoms with Gasteiger partial charge in [0, 0.05) is 45.5 Å². The quantitative estimate of drug-likeness (QED) is 0.187. The summed E-state index contributed by atoms with van der Waals surface area (Å²) >= 11 is 0. The number of carbonyl (C=O) groups is 2. The fraction of sp³-hybridized carbons (Fsp3) is 0.905. The van der Waals surface area contributed by atoms with Gasteiger partial charge in [-0.2, -0.15) is 0 Å². The molecule has 54 heavy (non-hydrogen) atoms. The summed E-state index contributed by atoms with van der Waals surface area (Å²) in [7, 11) is 4.93. The Labute approximate surface area is 325 Å². The van der Waals surface area contributed by atoms with E-state index in [-0.39, 0.29) is 49.1 Å². The lowest BCUT2D eigenvalue weighted by molar-refractivity contribution is -0.316. The van der Waals surface area contributed by atoms with E-state index in [1.165, 1.54) is 0 Å². The third-order valence-corrected chi connectivity index (χ3v) is 12.6. The standard InChI is InChI=1S/C42H74O12/c1-17-19-49-36-26(6)32(43)24(4)21-40(10,11)35(54-39-33(46-14)23(3)20-25(5)50-39)27(7)34(28(8)38(44)52-30(18-2)42(36,13)45)53-31-22-41(12,48-16)37(47-15)29(9)51-31/h17,23-31,33-37,39,45H,1,18-22H2,2-16H3/t23-,24+,25+,26-,27-,28+,29-,30+,31-,33+,34-,35+,36+,37-,39-,41+,42+/m0/s1. The molecule has 3 rings (SSSR count). The molecule has 1 N–H and O–H groups in total. The smallest absolute Gasteiger partial charge is 0.311 e. The second kappa shape index (κ2) is 19.3. The zero-order valence-electron chi connectivity index (χ0n) is 35.9. The fourth-order valence-electron chi connectivity index (χ4n) is 9.75. The molecule has 17 atom stereocenters. The SMILES string of the molecule is C=CCO[C@@H]1[C@@H](C)C(=O)[C@H](C)CC(C)(C)[C@H](O[C@@H]2O[C@H](C)C[C@H](C)[C@H]2OC)[C@@H](C)[C@H](O[C@H]2C[C@@](C)(OC)[C@@H](OC)[C@H](C)O2)[C@@H](C)C(=O)O[C@H](CC)[C@@]1(C)O. The van der Waals surface area contributed by atoms with Gasteiger partial charge in [0.1, 0.15) is 29.7 Å². The number of rotatable bonds is 11. The second-order valence-corrected chi connectivity index (χ2v) is 17.6. The molecular weight excluding hydrogens is 696 g/mol. The summed E-state index contributed by atoms with van der Waals surface area (Å²) in [5.41, 5.74) is -3.13. The molecule has 3 aliphatic heterocycles. The van der Waals surface area contributed by atoms with Crippen molar-refractivity contribution in [3.05, 3.63) is 12.7 Å². The highest BCUT2D eigenvalue weighted by molar-refractivity contribution is 5.83. The number of hydrogen-bond acceptors (Lipinski definition) is 12. The third-order valence-electron chi connectivity index (χ3n) is 12.6. The molecule has 3 fully saturated rings. The van der Waals surface area contributed by atoms with Gasteiger partial charge >= 0.3 is 5.97 Å². The van der Waals surface area contributed by atoms with Crippen molar-refractivity contribution < 1.29 is 57.3 Å². The lowest BCUT2D eigenvalue weighted by Gasteiger charge is -2.50. The molecule has 0 radical (unpaired) electrons. The summed E-state index contributed by atoms with van der Waals surface area (Å²) in [6, 6.07) is 0. The van der Waals surface area contributed by atoms with Crippen molar-refractivity contribution in [2.45, 2.75) is 181 Å². The molecule has 0 bridgehead atoms. The van der Waals surface area contributed by atoms with Gasteiger partial charge in [-0.1, -0.05) is 54.5 Å². The number of cyclic esters (lactones) is 1. The summed E-state index contributed by atoms with van der Waals surface area (Å²) < 4.78 is 57.0. The highest BCUT2D eigenvalue weighted by Gasteiger charge is 2.53. The van der Waals surface area contributed by atoms with Gasteiger partial charge in [0.05, 0.1) is 48.6 Å². The first-order chi connectivity index (χ1) is 25.1. The maximum absolute atomic E-state index is 14.4. The Balaban J connectivity index is 2.22. The molecule has 3 aliphatic rings. The number of esters is 1. The van der Waals surface area contributed by atoms with Crippen molar-refractivity contribution in [2.24, 2.45) is 35.0 Å². The zero-order valence-corrected chi connectivity index (χ0v) is 35.9. The predicted molar refractivity (Wildman–Crippen MR) is 205 cm³/mol. The van der Waals surface area contributed by atoms with E-state index in [9.17, 15) is 14.7 Å². The third kappa shape index (κ3) is 10.3. The van der Waals surface area contributed by atoms with Crippen LogP contribution < -0.4 is 0 Å². The van der Waals surface area contributed by atoms with Crippen molar-refractivity contribution in [2.75, 3.05) is 27.9 Å². The normalized spacial score (nSPS) is 45.7. The first-order valence-corrected chi connectivity index (χ1v) is 20.0. The molecular formula is C42H74O12. The van der Waals surface area contributed by atoms with Crippen molar-refractivity contribution in [1.82, 2.24) is 0 Å². The van der Waals surface area contributed by atoms with Gasteiger partial charge in [-0.15, -0.1) is 6.58 Å². The molecule has 12 heteroatoms. The first kappa shape index (κ1) is 46.9. The largest absolute Gasteiger partial charge is 0.459 e. The van der Waals surface area contributed by atoms with Crippen LogP contribution in [0, 0.1) is 35.0 Å². The van der Waals surface area contributed by atoms with Crippen LogP contribution in [0.2, 0.25) is 0 Å². The minimum Gasteiger partial charge on any atom is -0.459 e. The molecule has 0 aliphatic carbocycles. The number of hydrogen-bond donors (Lipinski definition) is 1. The van der Waals surface area contributed by atoms with Crippen LogP contribution in [0.4, 0.5) is 0 Å². The van der Waals surface area contributed by atoms with Crippen LogP contribution in [0.15, 0.2) is 12.7 Å². The Hall–Kier alpha value is -1.48. The van der Waals surface area contributed by atoms with Crippen LogP contribution in [-0.2, 0) is 52.2 Å². The Kier molecular flexibility index (Phi) is 16.8. The highest BCUT2D eigenvalue weighted by atomic mass is 16.7. The Morgan fingerprint density at radius 2 is 1.50 bits per heavy atom. The fourth-order valence-corrected chi connectivity index (χ4v) is 9.75. The maximum atomic E-state index is 14.4. The highest BCUT2D eigenvalue weighted by Crippen LogP contribution is 2.44. The van der Waals surface area contributed by atoms with Crippen molar-refractivity contribution in [3.63, 3.8) is 0 Å². The topological polar surface area (TPSA) is 137 Å². The summed E-state index contributed by atoms with van der Waals surface area (Å²) in [4.78, 5) is 28.8. The molecule has 3 heterocycles.